The van der Waals surface area contributed by atoms with Crippen LogP contribution in [0.2, 0.25) is 5.02 Å². The Morgan fingerprint density at radius 2 is 1.57 bits per heavy atom. The first-order valence-corrected chi connectivity index (χ1v) is 9.61. The standard InChI is InChI=1S/C22H13ClF3NS/c23-18-9-2-4-11-20(18)28-21-17(13-15-6-1-3-10-19(15)27-21)14-7-5-8-16(12-14)22(24,25)26/h1-13H. The molecule has 0 atom stereocenters. The van der Waals surface area contributed by atoms with Crippen LogP contribution in [0.25, 0.3) is 22.0 Å². The first-order valence-electron chi connectivity index (χ1n) is 8.41. The molecule has 1 heterocycles. The van der Waals surface area contributed by atoms with E-state index >= 15 is 0 Å². The average Bonchev–Trinajstić information content (AvgIpc) is 2.69. The van der Waals surface area contributed by atoms with E-state index in [0.717, 1.165) is 27.9 Å². The van der Waals surface area contributed by atoms with E-state index in [1.165, 1.54) is 17.8 Å². The lowest BCUT2D eigenvalue weighted by molar-refractivity contribution is -0.137. The summed E-state index contributed by atoms with van der Waals surface area (Å²) < 4.78 is 39.6. The highest BCUT2D eigenvalue weighted by Crippen LogP contribution is 2.40. The van der Waals surface area contributed by atoms with Gasteiger partial charge in [0.1, 0.15) is 5.03 Å². The van der Waals surface area contributed by atoms with Crippen LogP contribution in [0.3, 0.4) is 0 Å². The molecule has 0 radical (unpaired) electrons. The third-order valence-corrected chi connectivity index (χ3v) is 5.76. The molecule has 0 aliphatic carbocycles. The van der Waals surface area contributed by atoms with Gasteiger partial charge in [-0.15, -0.1) is 0 Å². The maximum atomic E-state index is 13.2. The number of para-hydroxylation sites is 1. The van der Waals surface area contributed by atoms with Crippen molar-refractivity contribution >= 4 is 34.3 Å². The third kappa shape index (κ3) is 3.86. The molecule has 0 saturated heterocycles. The minimum atomic E-state index is -4.41. The monoisotopic (exact) mass is 415 g/mol. The molecule has 0 unspecified atom stereocenters. The summed E-state index contributed by atoms with van der Waals surface area (Å²) in [5.41, 5.74) is 1.18. The maximum Gasteiger partial charge on any atom is 0.416 e. The van der Waals surface area contributed by atoms with Crippen molar-refractivity contribution in [2.45, 2.75) is 16.1 Å². The minimum Gasteiger partial charge on any atom is -0.240 e. The molecule has 0 aliphatic rings. The second-order valence-corrected chi connectivity index (χ2v) is 7.58. The number of fused-ring (bicyclic) bond motifs is 1. The number of alkyl halides is 3. The fourth-order valence-corrected chi connectivity index (χ4v) is 4.08. The van der Waals surface area contributed by atoms with Crippen LogP contribution in [-0.4, -0.2) is 4.98 Å². The molecule has 0 aliphatic heterocycles. The molecule has 0 saturated carbocycles. The molecular formula is C22H13ClF3NS. The van der Waals surface area contributed by atoms with Crippen LogP contribution in [-0.2, 0) is 6.18 Å². The van der Waals surface area contributed by atoms with Crippen molar-refractivity contribution in [1.29, 1.82) is 0 Å². The highest BCUT2D eigenvalue weighted by atomic mass is 35.5. The van der Waals surface area contributed by atoms with Gasteiger partial charge in [0.2, 0.25) is 0 Å². The molecule has 1 nitrogen and oxygen atoms in total. The quantitative estimate of drug-likeness (QED) is 0.339. The molecule has 28 heavy (non-hydrogen) atoms. The molecule has 4 aromatic rings. The second kappa shape index (κ2) is 7.49. The van der Waals surface area contributed by atoms with Gasteiger partial charge in [-0.1, -0.05) is 65.8 Å². The summed E-state index contributed by atoms with van der Waals surface area (Å²) in [7, 11) is 0. The molecule has 6 heteroatoms. The van der Waals surface area contributed by atoms with Gasteiger partial charge in [-0.05, 0) is 42.0 Å². The normalized spacial score (nSPS) is 11.7. The Morgan fingerprint density at radius 1 is 0.821 bits per heavy atom. The van der Waals surface area contributed by atoms with Crippen molar-refractivity contribution in [1.82, 2.24) is 4.98 Å². The van der Waals surface area contributed by atoms with Crippen LogP contribution >= 0.6 is 23.4 Å². The van der Waals surface area contributed by atoms with Gasteiger partial charge in [0.25, 0.3) is 0 Å². The van der Waals surface area contributed by atoms with E-state index < -0.39 is 11.7 Å². The zero-order valence-corrected chi connectivity index (χ0v) is 15.9. The number of halogens is 4. The van der Waals surface area contributed by atoms with Crippen LogP contribution in [0.15, 0.2) is 88.8 Å². The Balaban J connectivity index is 1.90. The van der Waals surface area contributed by atoms with Crippen LogP contribution in [0.4, 0.5) is 13.2 Å². The fourth-order valence-electron chi connectivity index (χ4n) is 2.88. The minimum absolute atomic E-state index is 0.461. The van der Waals surface area contributed by atoms with Gasteiger partial charge in [0.05, 0.1) is 16.1 Å². The molecule has 0 spiro atoms. The average molecular weight is 416 g/mol. The summed E-state index contributed by atoms with van der Waals surface area (Å²) in [6.45, 7) is 0. The Kier molecular flexibility index (Phi) is 5.04. The zero-order chi connectivity index (χ0) is 19.7. The zero-order valence-electron chi connectivity index (χ0n) is 14.4. The summed E-state index contributed by atoms with van der Waals surface area (Å²) in [6.07, 6.45) is -4.41. The van der Waals surface area contributed by atoms with Crippen molar-refractivity contribution in [2.24, 2.45) is 0 Å². The summed E-state index contributed by atoms with van der Waals surface area (Å²) in [6, 6.07) is 22.0. The summed E-state index contributed by atoms with van der Waals surface area (Å²) in [5, 5.41) is 2.03. The van der Waals surface area contributed by atoms with E-state index in [0.29, 0.717) is 21.2 Å². The van der Waals surface area contributed by atoms with Crippen LogP contribution < -0.4 is 0 Å². The molecule has 0 amide bonds. The van der Waals surface area contributed by atoms with Crippen molar-refractivity contribution in [3.8, 4) is 11.1 Å². The van der Waals surface area contributed by atoms with E-state index in [-0.39, 0.29) is 0 Å². The molecule has 1 aromatic heterocycles. The number of aromatic nitrogens is 1. The lowest BCUT2D eigenvalue weighted by atomic mass is 10.0. The lowest BCUT2D eigenvalue weighted by Crippen LogP contribution is -2.04. The Hall–Kier alpha value is -2.50. The molecule has 0 bridgehead atoms. The van der Waals surface area contributed by atoms with E-state index in [4.69, 9.17) is 16.6 Å². The number of hydrogen-bond donors (Lipinski definition) is 0. The maximum absolute atomic E-state index is 13.2. The van der Waals surface area contributed by atoms with Gasteiger partial charge >= 0.3 is 6.18 Å². The van der Waals surface area contributed by atoms with E-state index in [9.17, 15) is 13.2 Å². The Labute approximate surface area is 169 Å². The van der Waals surface area contributed by atoms with Crippen molar-refractivity contribution in [3.63, 3.8) is 0 Å². The topological polar surface area (TPSA) is 12.9 Å². The van der Waals surface area contributed by atoms with Crippen molar-refractivity contribution in [3.05, 3.63) is 89.4 Å². The van der Waals surface area contributed by atoms with Gasteiger partial charge in [-0.25, -0.2) is 4.98 Å². The lowest BCUT2D eigenvalue weighted by Gasteiger charge is -2.13. The summed E-state index contributed by atoms with van der Waals surface area (Å²) in [5.74, 6) is 0. The molecule has 3 aromatic carbocycles. The van der Waals surface area contributed by atoms with Gasteiger partial charge in [-0.2, -0.15) is 13.2 Å². The molecular weight excluding hydrogens is 403 g/mol. The highest BCUT2D eigenvalue weighted by molar-refractivity contribution is 7.99. The molecule has 140 valence electrons. The fraction of sp³-hybridized carbons (Fsp3) is 0.0455. The SMILES string of the molecule is FC(F)(F)c1cccc(-c2cc3ccccc3nc2Sc2ccccc2Cl)c1. The first kappa shape index (κ1) is 18.8. The number of hydrogen-bond acceptors (Lipinski definition) is 2. The van der Waals surface area contributed by atoms with Gasteiger partial charge in [-0.3, -0.25) is 0 Å². The van der Waals surface area contributed by atoms with E-state index in [1.54, 1.807) is 12.1 Å². The van der Waals surface area contributed by atoms with Crippen LogP contribution in [0, 0.1) is 0 Å². The predicted octanol–water partition coefficient (Wildman–Crippen LogP) is 7.73. The Bertz CT molecular complexity index is 1160. The highest BCUT2D eigenvalue weighted by Gasteiger charge is 2.30. The Morgan fingerprint density at radius 3 is 2.36 bits per heavy atom. The van der Waals surface area contributed by atoms with Crippen molar-refractivity contribution in [2.75, 3.05) is 0 Å². The second-order valence-electron chi connectivity index (χ2n) is 6.14. The van der Waals surface area contributed by atoms with E-state index in [2.05, 4.69) is 0 Å². The smallest absolute Gasteiger partial charge is 0.240 e. The third-order valence-electron chi connectivity index (χ3n) is 4.23. The van der Waals surface area contributed by atoms with Crippen LogP contribution in [0.1, 0.15) is 5.56 Å². The predicted molar refractivity (Wildman–Crippen MR) is 108 cm³/mol. The first-order chi connectivity index (χ1) is 13.4. The molecule has 0 N–H and O–H groups in total. The van der Waals surface area contributed by atoms with Gasteiger partial charge in [0.15, 0.2) is 0 Å². The number of nitrogens with zero attached hydrogens (tertiary/aromatic N) is 1. The molecule has 0 fully saturated rings. The molecule has 4 rings (SSSR count). The van der Waals surface area contributed by atoms with Crippen molar-refractivity contribution < 1.29 is 13.2 Å². The van der Waals surface area contributed by atoms with E-state index in [1.807, 2.05) is 48.5 Å². The summed E-state index contributed by atoms with van der Waals surface area (Å²) >= 11 is 7.62. The number of pyridine rings is 1. The van der Waals surface area contributed by atoms with Crippen LogP contribution in [0.5, 0.6) is 0 Å². The number of benzene rings is 3. The van der Waals surface area contributed by atoms with Gasteiger partial charge < -0.3 is 0 Å². The summed E-state index contributed by atoms with van der Waals surface area (Å²) in [4.78, 5) is 5.49. The van der Waals surface area contributed by atoms with Gasteiger partial charge in [0, 0.05) is 15.8 Å². The largest absolute Gasteiger partial charge is 0.416 e. The number of rotatable bonds is 3.